The monoisotopic (exact) mass is 338 g/mol. The summed E-state index contributed by atoms with van der Waals surface area (Å²) in [6, 6.07) is 8.38. The summed E-state index contributed by atoms with van der Waals surface area (Å²) < 4.78 is 1.21. The third-order valence-corrected chi connectivity index (χ3v) is 5.23. The van der Waals surface area contributed by atoms with Crippen LogP contribution in [0.2, 0.25) is 0 Å². The van der Waals surface area contributed by atoms with Crippen LogP contribution in [0, 0.1) is 0 Å². The van der Waals surface area contributed by atoms with Gasteiger partial charge in [-0.15, -0.1) is 11.3 Å². The molecule has 0 radical (unpaired) electrons. The van der Waals surface area contributed by atoms with Crippen LogP contribution in [0.3, 0.4) is 0 Å². The summed E-state index contributed by atoms with van der Waals surface area (Å²) in [6.07, 6.45) is 5.32. The summed E-state index contributed by atoms with van der Waals surface area (Å²) in [5, 5.41) is 9.54. The topological polar surface area (TPSA) is 66.9 Å². The van der Waals surface area contributed by atoms with E-state index in [1.54, 1.807) is 23.7 Å². The van der Waals surface area contributed by atoms with E-state index in [0.717, 1.165) is 36.9 Å². The first-order valence-electron chi connectivity index (χ1n) is 8.11. The van der Waals surface area contributed by atoms with Crippen LogP contribution in [0.25, 0.3) is 21.5 Å². The van der Waals surface area contributed by atoms with Gasteiger partial charge in [0.25, 0.3) is 5.91 Å². The Kier molecular flexibility index (Phi) is 4.23. The Balaban J connectivity index is 1.53. The molecule has 1 aliphatic rings. The number of hydrogen-bond donors (Lipinski definition) is 2. The molecule has 1 amide bonds. The van der Waals surface area contributed by atoms with Gasteiger partial charge in [-0.25, -0.2) is 9.97 Å². The zero-order chi connectivity index (χ0) is 16.4. The fraction of sp³-hybridized carbons (Fsp3) is 0.278. The number of piperidine rings is 1. The fourth-order valence-corrected chi connectivity index (χ4v) is 3.92. The van der Waals surface area contributed by atoms with Crippen molar-refractivity contribution in [1.82, 2.24) is 20.6 Å². The molecule has 1 saturated heterocycles. The lowest BCUT2D eigenvalue weighted by atomic mass is 10.1. The lowest BCUT2D eigenvalue weighted by molar-refractivity contribution is 0.0930. The van der Waals surface area contributed by atoms with Crippen molar-refractivity contribution in [1.29, 1.82) is 0 Å². The number of fused-ring (bicyclic) bond motifs is 1. The smallest absolute Gasteiger partial charge is 0.254 e. The Labute approximate surface area is 144 Å². The Hall–Kier alpha value is -2.31. The fourth-order valence-electron chi connectivity index (χ4n) is 2.98. The molecule has 1 unspecified atom stereocenters. The van der Waals surface area contributed by atoms with Crippen molar-refractivity contribution in [3.63, 3.8) is 0 Å². The van der Waals surface area contributed by atoms with Crippen LogP contribution in [0.15, 0.2) is 42.0 Å². The van der Waals surface area contributed by atoms with Gasteiger partial charge in [0, 0.05) is 46.0 Å². The zero-order valence-corrected chi connectivity index (χ0v) is 14.0. The molecule has 3 heterocycles. The van der Waals surface area contributed by atoms with E-state index in [1.165, 1.54) is 4.70 Å². The van der Waals surface area contributed by atoms with Gasteiger partial charge in [0.1, 0.15) is 0 Å². The zero-order valence-electron chi connectivity index (χ0n) is 13.2. The first kappa shape index (κ1) is 15.2. The summed E-state index contributed by atoms with van der Waals surface area (Å²) in [7, 11) is 0. The number of carbonyl (C=O) groups excluding carboxylic acids is 1. The lowest BCUT2D eigenvalue weighted by Crippen LogP contribution is -2.45. The molecule has 2 aromatic heterocycles. The van der Waals surface area contributed by atoms with Crippen molar-refractivity contribution in [3.05, 3.63) is 47.6 Å². The predicted molar refractivity (Wildman–Crippen MR) is 96.2 cm³/mol. The summed E-state index contributed by atoms with van der Waals surface area (Å²) in [5.74, 6) is 0.550. The van der Waals surface area contributed by atoms with Crippen LogP contribution in [0.5, 0.6) is 0 Å². The molecule has 3 aromatic rings. The first-order chi connectivity index (χ1) is 11.8. The molecule has 1 atom stereocenters. The summed E-state index contributed by atoms with van der Waals surface area (Å²) >= 11 is 1.68. The van der Waals surface area contributed by atoms with Gasteiger partial charge < -0.3 is 10.6 Å². The Morgan fingerprint density at radius 1 is 1.25 bits per heavy atom. The predicted octanol–water partition coefficient (Wildman–Crippen LogP) is 2.84. The molecule has 1 fully saturated rings. The van der Waals surface area contributed by atoms with E-state index in [4.69, 9.17) is 0 Å². The van der Waals surface area contributed by atoms with Crippen molar-refractivity contribution in [2.75, 3.05) is 13.1 Å². The average Bonchev–Trinajstić information content (AvgIpc) is 3.07. The minimum atomic E-state index is -0.106. The molecule has 24 heavy (non-hydrogen) atoms. The maximum absolute atomic E-state index is 12.3. The number of benzene rings is 1. The van der Waals surface area contributed by atoms with Crippen molar-refractivity contribution in [2.24, 2.45) is 0 Å². The number of nitrogens with zero attached hydrogens (tertiary/aromatic N) is 2. The molecular weight excluding hydrogens is 320 g/mol. The molecular formula is C18H18N4OS. The van der Waals surface area contributed by atoms with Crippen molar-refractivity contribution in [2.45, 2.75) is 18.9 Å². The SMILES string of the molecule is O=C(NC1CCCNC1)c1cnc(-c2csc3ccccc23)nc1. The molecule has 0 bridgehead atoms. The normalized spacial score (nSPS) is 17.8. The second kappa shape index (κ2) is 6.67. The minimum Gasteiger partial charge on any atom is -0.348 e. The maximum atomic E-state index is 12.3. The van der Waals surface area contributed by atoms with E-state index in [2.05, 4.69) is 38.1 Å². The largest absolute Gasteiger partial charge is 0.348 e. The summed E-state index contributed by atoms with van der Waals surface area (Å²) in [6.45, 7) is 1.85. The molecule has 1 aliphatic heterocycles. The van der Waals surface area contributed by atoms with Crippen molar-refractivity contribution < 1.29 is 4.79 Å². The van der Waals surface area contributed by atoms with Gasteiger partial charge in [-0.05, 0) is 25.5 Å². The highest BCUT2D eigenvalue weighted by Crippen LogP contribution is 2.31. The number of thiophene rings is 1. The number of rotatable bonds is 3. The summed E-state index contributed by atoms with van der Waals surface area (Å²) in [5.41, 5.74) is 1.52. The quantitative estimate of drug-likeness (QED) is 0.771. The number of amides is 1. The second-order valence-corrected chi connectivity index (χ2v) is 6.87. The Morgan fingerprint density at radius 3 is 2.88 bits per heavy atom. The Bertz CT molecular complexity index is 853. The number of nitrogens with one attached hydrogen (secondary N) is 2. The first-order valence-corrected chi connectivity index (χ1v) is 8.99. The van der Waals surface area contributed by atoms with Gasteiger partial charge in [-0.1, -0.05) is 18.2 Å². The third kappa shape index (κ3) is 3.02. The van der Waals surface area contributed by atoms with Gasteiger partial charge in [0.05, 0.1) is 5.56 Å². The van der Waals surface area contributed by atoms with E-state index in [9.17, 15) is 4.79 Å². The van der Waals surface area contributed by atoms with E-state index in [-0.39, 0.29) is 11.9 Å². The van der Waals surface area contributed by atoms with Gasteiger partial charge in [0.15, 0.2) is 5.82 Å². The molecule has 0 saturated carbocycles. The van der Waals surface area contributed by atoms with Crippen LogP contribution in [0.1, 0.15) is 23.2 Å². The lowest BCUT2D eigenvalue weighted by Gasteiger charge is -2.23. The molecule has 5 nitrogen and oxygen atoms in total. The third-order valence-electron chi connectivity index (χ3n) is 4.27. The number of aromatic nitrogens is 2. The van der Waals surface area contributed by atoms with Gasteiger partial charge in [-0.3, -0.25) is 4.79 Å². The van der Waals surface area contributed by atoms with Crippen LogP contribution < -0.4 is 10.6 Å². The van der Waals surface area contributed by atoms with Gasteiger partial charge in [-0.2, -0.15) is 0 Å². The summed E-state index contributed by atoms with van der Waals surface area (Å²) in [4.78, 5) is 21.1. The standard InChI is InChI=1S/C18H18N4OS/c23-18(22-13-4-3-7-19-10-13)12-8-20-17(21-9-12)15-11-24-16-6-2-1-5-14(15)16/h1-2,5-6,8-9,11,13,19H,3-4,7,10H2,(H,22,23). The number of carbonyl (C=O) groups is 1. The molecule has 122 valence electrons. The number of hydrogen-bond acceptors (Lipinski definition) is 5. The molecule has 1 aromatic carbocycles. The maximum Gasteiger partial charge on any atom is 0.254 e. The van der Waals surface area contributed by atoms with E-state index >= 15 is 0 Å². The molecule has 0 aliphatic carbocycles. The van der Waals surface area contributed by atoms with Crippen molar-refractivity contribution >= 4 is 27.3 Å². The van der Waals surface area contributed by atoms with E-state index in [1.807, 2.05) is 12.1 Å². The molecule has 6 heteroatoms. The van der Waals surface area contributed by atoms with E-state index in [0.29, 0.717) is 11.4 Å². The molecule has 0 spiro atoms. The Morgan fingerprint density at radius 2 is 2.08 bits per heavy atom. The minimum absolute atomic E-state index is 0.106. The molecule has 2 N–H and O–H groups in total. The van der Waals surface area contributed by atoms with Crippen LogP contribution in [0.4, 0.5) is 0 Å². The second-order valence-electron chi connectivity index (χ2n) is 5.96. The average molecular weight is 338 g/mol. The van der Waals surface area contributed by atoms with Crippen LogP contribution in [-0.2, 0) is 0 Å². The van der Waals surface area contributed by atoms with E-state index < -0.39 is 0 Å². The van der Waals surface area contributed by atoms with Gasteiger partial charge in [0.2, 0.25) is 0 Å². The molecule has 4 rings (SSSR count). The van der Waals surface area contributed by atoms with Crippen molar-refractivity contribution in [3.8, 4) is 11.4 Å². The van der Waals surface area contributed by atoms with Crippen LogP contribution in [-0.4, -0.2) is 35.0 Å². The highest BCUT2D eigenvalue weighted by atomic mass is 32.1. The highest BCUT2D eigenvalue weighted by molar-refractivity contribution is 7.17. The highest BCUT2D eigenvalue weighted by Gasteiger charge is 2.17. The van der Waals surface area contributed by atoms with Gasteiger partial charge >= 0.3 is 0 Å². The van der Waals surface area contributed by atoms with Crippen LogP contribution >= 0.6 is 11.3 Å².